The van der Waals surface area contributed by atoms with Crippen LogP contribution in [0.4, 0.5) is 11.4 Å². The van der Waals surface area contributed by atoms with E-state index in [0.29, 0.717) is 23.5 Å². The Labute approximate surface area is 335 Å². The van der Waals surface area contributed by atoms with E-state index in [1.807, 2.05) is 90.5 Å². The lowest BCUT2D eigenvalue weighted by molar-refractivity contribution is 0.0406. The van der Waals surface area contributed by atoms with Crippen molar-refractivity contribution in [1.29, 1.82) is 0 Å². The van der Waals surface area contributed by atoms with E-state index in [0.717, 1.165) is 98.4 Å². The maximum atomic E-state index is 12.7. The van der Waals surface area contributed by atoms with Crippen molar-refractivity contribution in [3.8, 4) is 0 Å². The highest BCUT2D eigenvalue weighted by Gasteiger charge is 2.20. The van der Waals surface area contributed by atoms with Crippen LogP contribution >= 0.6 is 0 Å². The summed E-state index contributed by atoms with van der Waals surface area (Å²) in [5.74, 6) is -0.982. The standard InChI is InChI=1S/C23H27N3O2.C13H20N2O.C10H9NO2/c1-25(20-11-13-28-14-12-20)16-17-7-9-19(10-8-17)24-23(27)22-15-18-5-3-4-6-21(18)26(22)2;1-15(13-6-8-16-9-7-13)10-11-2-4-12(14)5-3-11;1-11-8-5-3-2-4-7(8)6-9(11)10(12)13/h3-10,15,20H,11-14,16H2,1-2H3,(H,24,27);2-5,13H,6-10,14H2,1H3;2-6H,1H3,(H,12,13). The molecule has 0 unspecified atom stereocenters. The van der Waals surface area contributed by atoms with Gasteiger partial charge in [-0.25, -0.2) is 4.79 Å². The average Bonchev–Trinajstić information content (AvgIpc) is 3.77. The Morgan fingerprint density at radius 2 is 1.09 bits per heavy atom. The van der Waals surface area contributed by atoms with E-state index in [1.54, 1.807) is 17.7 Å². The fourth-order valence-corrected chi connectivity index (χ4v) is 7.60. The molecular weight excluding hydrogens is 717 g/mol. The number of nitrogens with one attached hydrogen (secondary N) is 1. The van der Waals surface area contributed by atoms with Crippen molar-refractivity contribution in [3.05, 3.63) is 132 Å². The summed E-state index contributed by atoms with van der Waals surface area (Å²) >= 11 is 0. The number of fused-ring (bicyclic) bond motifs is 2. The molecule has 2 aromatic heterocycles. The minimum absolute atomic E-state index is 0.0919. The van der Waals surface area contributed by atoms with Crippen molar-refractivity contribution in [2.24, 2.45) is 14.1 Å². The van der Waals surface area contributed by atoms with Gasteiger partial charge in [-0.15, -0.1) is 0 Å². The molecule has 1 amide bonds. The number of amides is 1. The minimum atomic E-state index is -0.890. The van der Waals surface area contributed by atoms with Crippen molar-refractivity contribution < 1.29 is 24.2 Å². The number of rotatable bonds is 9. The monoisotopic (exact) mass is 772 g/mol. The molecule has 4 N–H and O–H groups in total. The number of carboxylic acid groups (broad SMARTS) is 1. The minimum Gasteiger partial charge on any atom is -0.477 e. The molecule has 0 aliphatic carbocycles. The van der Waals surface area contributed by atoms with Crippen LogP contribution in [0.25, 0.3) is 21.8 Å². The van der Waals surface area contributed by atoms with Crippen LogP contribution < -0.4 is 11.1 Å². The molecule has 300 valence electrons. The molecule has 4 heterocycles. The molecule has 0 radical (unpaired) electrons. The van der Waals surface area contributed by atoms with Gasteiger partial charge in [-0.2, -0.15) is 0 Å². The van der Waals surface area contributed by atoms with Gasteiger partial charge < -0.3 is 34.8 Å². The second-order valence-electron chi connectivity index (χ2n) is 15.0. The number of benzene rings is 4. The molecule has 0 bridgehead atoms. The topological polar surface area (TPSA) is 127 Å². The second kappa shape index (κ2) is 19.6. The van der Waals surface area contributed by atoms with Crippen molar-refractivity contribution in [3.63, 3.8) is 0 Å². The number of aromatic carboxylic acids is 1. The van der Waals surface area contributed by atoms with Crippen LogP contribution in [-0.4, -0.2) is 88.5 Å². The predicted octanol–water partition coefficient (Wildman–Crippen LogP) is 7.80. The normalized spacial score (nSPS) is 14.9. The molecule has 8 rings (SSSR count). The van der Waals surface area contributed by atoms with Crippen LogP contribution in [0.1, 0.15) is 57.8 Å². The van der Waals surface area contributed by atoms with Crippen LogP contribution in [0.15, 0.2) is 109 Å². The molecule has 0 atom stereocenters. The third-order valence-electron chi connectivity index (χ3n) is 11.0. The Morgan fingerprint density at radius 1 is 0.667 bits per heavy atom. The first-order valence-corrected chi connectivity index (χ1v) is 19.7. The number of aromatic nitrogens is 2. The summed E-state index contributed by atoms with van der Waals surface area (Å²) < 4.78 is 14.4. The van der Waals surface area contributed by atoms with E-state index in [1.165, 1.54) is 11.1 Å². The number of carbonyl (C=O) groups is 2. The number of nitrogens with zero attached hydrogens (tertiary/aromatic N) is 4. The molecule has 11 nitrogen and oxygen atoms in total. The molecule has 57 heavy (non-hydrogen) atoms. The number of ether oxygens (including phenoxy) is 2. The Bertz CT molecular complexity index is 2220. The van der Waals surface area contributed by atoms with Gasteiger partial charge in [0.2, 0.25) is 0 Å². The SMILES string of the molecule is CN(Cc1ccc(N)cc1)C1CCOCC1.CN(Cc1ccc(NC(=O)c2cc3ccccc3n2C)cc1)C1CCOCC1.Cn1c(C(=O)O)cc2ccccc21. The van der Waals surface area contributed by atoms with E-state index in [9.17, 15) is 9.59 Å². The summed E-state index contributed by atoms with van der Waals surface area (Å²) in [5.41, 5.74) is 12.9. The predicted molar refractivity (Wildman–Crippen MR) is 229 cm³/mol. The zero-order valence-corrected chi connectivity index (χ0v) is 33.6. The zero-order chi connectivity index (χ0) is 40.3. The van der Waals surface area contributed by atoms with Gasteiger partial charge in [0.1, 0.15) is 11.4 Å². The van der Waals surface area contributed by atoms with Gasteiger partial charge in [0.05, 0.1) is 0 Å². The largest absolute Gasteiger partial charge is 0.477 e. The van der Waals surface area contributed by atoms with Crippen molar-refractivity contribution in [2.75, 3.05) is 51.6 Å². The molecule has 2 fully saturated rings. The quantitative estimate of drug-likeness (QED) is 0.127. The van der Waals surface area contributed by atoms with Gasteiger partial charge in [-0.1, -0.05) is 60.7 Å². The lowest BCUT2D eigenvalue weighted by Crippen LogP contribution is -2.36. The van der Waals surface area contributed by atoms with Crippen molar-refractivity contribution in [1.82, 2.24) is 18.9 Å². The highest BCUT2D eigenvalue weighted by atomic mass is 16.5. The van der Waals surface area contributed by atoms with Crippen LogP contribution in [0.3, 0.4) is 0 Å². The summed E-state index contributed by atoms with van der Waals surface area (Å²) in [6.45, 7) is 5.41. The maximum absolute atomic E-state index is 12.7. The van der Waals surface area contributed by atoms with E-state index in [2.05, 4.69) is 53.5 Å². The van der Waals surface area contributed by atoms with Crippen LogP contribution in [0.2, 0.25) is 0 Å². The molecule has 2 saturated heterocycles. The molecule has 11 heteroatoms. The number of anilines is 2. The highest BCUT2D eigenvalue weighted by Crippen LogP contribution is 2.22. The number of hydrogen-bond donors (Lipinski definition) is 3. The fourth-order valence-electron chi connectivity index (χ4n) is 7.60. The number of aryl methyl sites for hydroxylation is 2. The van der Waals surface area contributed by atoms with Crippen LogP contribution in [0.5, 0.6) is 0 Å². The molecule has 0 spiro atoms. The summed E-state index contributed by atoms with van der Waals surface area (Å²) in [5, 5.41) is 13.9. The first-order valence-electron chi connectivity index (χ1n) is 19.7. The first kappa shape index (κ1) is 41.2. The first-order chi connectivity index (χ1) is 27.6. The van der Waals surface area contributed by atoms with Crippen molar-refractivity contribution >= 4 is 45.1 Å². The molecule has 2 aliphatic rings. The number of nitrogen functional groups attached to an aromatic ring is 1. The summed E-state index contributed by atoms with van der Waals surface area (Å²) in [7, 11) is 8.04. The number of carboxylic acids is 1. The lowest BCUT2D eigenvalue weighted by Gasteiger charge is -2.31. The molecule has 0 saturated carbocycles. The van der Waals surface area contributed by atoms with Gasteiger partial charge in [-0.3, -0.25) is 14.6 Å². The summed E-state index contributed by atoms with van der Waals surface area (Å²) in [4.78, 5) is 28.3. The maximum Gasteiger partial charge on any atom is 0.352 e. The summed E-state index contributed by atoms with van der Waals surface area (Å²) in [6, 6.07) is 36.8. The number of carbonyl (C=O) groups excluding carboxylic acids is 1. The van der Waals surface area contributed by atoms with E-state index in [4.69, 9.17) is 20.3 Å². The number of para-hydroxylation sites is 2. The fraction of sp³-hybridized carbons (Fsp3) is 0.348. The number of nitrogens with two attached hydrogens (primary N) is 1. The Hall–Kier alpha value is -5.46. The Kier molecular flexibility index (Phi) is 14.2. The molecule has 2 aliphatic heterocycles. The smallest absolute Gasteiger partial charge is 0.352 e. The Morgan fingerprint density at radius 3 is 1.54 bits per heavy atom. The van der Waals surface area contributed by atoms with Crippen LogP contribution in [0, 0.1) is 0 Å². The van der Waals surface area contributed by atoms with E-state index in [-0.39, 0.29) is 5.91 Å². The van der Waals surface area contributed by atoms with Gasteiger partial charge in [0.15, 0.2) is 0 Å². The van der Waals surface area contributed by atoms with Crippen molar-refractivity contribution in [2.45, 2.75) is 50.9 Å². The lowest BCUT2D eigenvalue weighted by atomic mass is 10.1. The highest BCUT2D eigenvalue weighted by molar-refractivity contribution is 6.06. The van der Waals surface area contributed by atoms with Gasteiger partial charge in [0.25, 0.3) is 5.91 Å². The van der Waals surface area contributed by atoms with Crippen LogP contribution in [-0.2, 0) is 36.7 Å². The number of hydrogen-bond acceptors (Lipinski definition) is 7. The van der Waals surface area contributed by atoms with Gasteiger partial charge in [-0.05, 0) is 99.4 Å². The molecule has 4 aromatic carbocycles. The van der Waals surface area contributed by atoms with Gasteiger partial charge in [0, 0.05) is 98.9 Å². The van der Waals surface area contributed by atoms with Gasteiger partial charge >= 0.3 is 5.97 Å². The second-order valence-corrected chi connectivity index (χ2v) is 15.0. The third kappa shape index (κ3) is 10.9. The zero-order valence-electron chi connectivity index (χ0n) is 33.6. The molecular formula is C46H56N6O5. The summed E-state index contributed by atoms with van der Waals surface area (Å²) in [6.07, 6.45) is 4.47. The molecule has 6 aromatic rings. The van der Waals surface area contributed by atoms with E-state index < -0.39 is 5.97 Å². The third-order valence-corrected chi connectivity index (χ3v) is 11.0. The van der Waals surface area contributed by atoms with E-state index >= 15 is 0 Å². The average molecular weight is 773 g/mol. The Balaban J connectivity index is 0.000000160.